The number of nitrogens with one attached hydrogen (secondary N) is 1. The molecule has 1 rings (SSSR count). The van der Waals surface area contributed by atoms with Gasteiger partial charge in [0.1, 0.15) is 5.75 Å². The fourth-order valence-electron chi connectivity index (χ4n) is 1.59. The molecule has 0 saturated heterocycles. The van der Waals surface area contributed by atoms with Crippen LogP contribution in [0.5, 0.6) is 5.75 Å². The third-order valence-corrected chi connectivity index (χ3v) is 3.00. The summed E-state index contributed by atoms with van der Waals surface area (Å²) >= 11 is 3.49. The van der Waals surface area contributed by atoms with Gasteiger partial charge in [-0.25, -0.2) is 0 Å². The Morgan fingerprint density at radius 3 is 2.75 bits per heavy atom. The molecule has 0 saturated carbocycles. The van der Waals surface area contributed by atoms with Crippen molar-refractivity contribution < 1.29 is 4.74 Å². The van der Waals surface area contributed by atoms with E-state index in [1.54, 1.807) is 7.11 Å². The first-order chi connectivity index (χ1) is 7.65. The molecule has 0 heterocycles. The normalized spacial score (nSPS) is 10.8. The molecule has 0 amide bonds. The molecule has 1 aromatic carbocycles. The summed E-state index contributed by atoms with van der Waals surface area (Å²) in [6, 6.07) is 6.16. The van der Waals surface area contributed by atoms with Crippen LogP contribution < -0.4 is 10.1 Å². The van der Waals surface area contributed by atoms with E-state index in [4.69, 9.17) is 4.74 Å². The lowest BCUT2D eigenvalue weighted by atomic mass is 10.1. The van der Waals surface area contributed by atoms with Crippen molar-refractivity contribution in [3.63, 3.8) is 0 Å². The van der Waals surface area contributed by atoms with Crippen molar-refractivity contribution in [3.8, 4) is 5.75 Å². The molecule has 90 valence electrons. The van der Waals surface area contributed by atoms with Crippen molar-refractivity contribution in [1.82, 2.24) is 5.32 Å². The average Bonchev–Trinajstić information content (AvgIpc) is 2.24. The predicted octanol–water partition coefficient (Wildman–Crippen LogP) is 3.25. The zero-order valence-electron chi connectivity index (χ0n) is 10.2. The molecule has 1 aromatic rings. The summed E-state index contributed by atoms with van der Waals surface area (Å²) in [5.74, 6) is 1.65. The highest BCUT2D eigenvalue weighted by molar-refractivity contribution is 9.10. The third-order valence-electron chi connectivity index (χ3n) is 2.38. The number of methoxy groups -OCH3 is 1. The smallest absolute Gasteiger partial charge is 0.136 e. The molecule has 0 fully saturated rings. The monoisotopic (exact) mass is 285 g/mol. The summed E-state index contributed by atoms with van der Waals surface area (Å²) in [7, 11) is 1.71. The van der Waals surface area contributed by atoms with Gasteiger partial charge < -0.3 is 10.1 Å². The molecule has 2 nitrogen and oxygen atoms in total. The molecule has 3 heteroatoms. The third kappa shape index (κ3) is 4.14. The maximum Gasteiger partial charge on any atom is 0.136 e. The van der Waals surface area contributed by atoms with Gasteiger partial charge in [0.2, 0.25) is 0 Å². The van der Waals surface area contributed by atoms with Gasteiger partial charge in [-0.2, -0.15) is 0 Å². The maximum atomic E-state index is 5.38. The Hall–Kier alpha value is -0.540. The first kappa shape index (κ1) is 13.5. The minimum atomic E-state index is 0.699. The second-order valence-electron chi connectivity index (χ2n) is 4.28. The van der Waals surface area contributed by atoms with Crippen molar-refractivity contribution in [2.75, 3.05) is 20.2 Å². The second-order valence-corrected chi connectivity index (χ2v) is 5.13. The molecule has 0 atom stereocenters. The van der Waals surface area contributed by atoms with Crippen molar-refractivity contribution in [1.29, 1.82) is 0 Å². The zero-order valence-corrected chi connectivity index (χ0v) is 11.8. The van der Waals surface area contributed by atoms with Crippen molar-refractivity contribution in [3.05, 3.63) is 28.2 Å². The molecule has 1 N–H and O–H groups in total. The van der Waals surface area contributed by atoms with Crippen LogP contribution in [0.15, 0.2) is 22.7 Å². The highest BCUT2D eigenvalue weighted by atomic mass is 79.9. The lowest BCUT2D eigenvalue weighted by Crippen LogP contribution is -2.22. The number of halogens is 1. The van der Waals surface area contributed by atoms with Gasteiger partial charge in [-0.1, -0.05) is 26.0 Å². The van der Waals surface area contributed by atoms with Gasteiger partial charge in [-0.3, -0.25) is 0 Å². The lowest BCUT2D eigenvalue weighted by molar-refractivity contribution is 0.406. The molecule has 0 spiro atoms. The number of hydrogen-bond acceptors (Lipinski definition) is 2. The number of ether oxygens (including phenoxy) is 1. The standard InChI is InChI=1S/C13H20BrNO/c1-10(2)9-15-8-7-11-5-4-6-12(14)13(11)16-3/h4-6,10,15H,7-9H2,1-3H3. The molecule has 0 aliphatic rings. The highest BCUT2D eigenvalue weighted by Gasteiger charge is 2.06. The topological polar surface area (TPSA) is 21.3 Å². The van der Waals surface area contributed by atoms with Gasteiger partial charge in [0.05, 0.1) is 11.6 Å². The molecule has 0 aliphatic heterocycles. The van der Waals surface area contributed by atoms with E-state index >= 15 is 0 Å². The number of hydrogen-bond donors (Lipinski definition) is 1. The molecule has 0 unspecified atom stereocenters. The number of benzene rings is 1. The Labute approximate surface area is 107 Å². The Morgan fingerprint density at radius 2 is 2.12 bits per heavy atom. The van der Waals surface area contributed by atoms with E-state index in [0.29, 0.717) is 5.92 Å². The SMILES string of the molecule is COc1c(Br)cccc1CCNCC(C)C. The molecular weight excluding hydrogens is 266 g/mol. The summed E-state index contributed by atoms with van der Waals surface area (Å²) in [6.07, 6.45) is 0.995. The average molecular weight is 286 g/mol. The molecule has 0 aliphatic carbocycles. The second kappa shape index (κ2) is 6.92. The van der Waals surface area contributed by atoms with Crippen molar-refractivity contribution in [2.45, 2.75) is 20.3 Å². The minimum Gasteiger partial charge on any atom is -0.495 e. The van der Waals surface area contributed by atoms with Crippen LogP contribution in [0.4, 0.5) is 0 Å². The maximum absolute atomic E-state index is 5.38. The number of rotatable bonds is 6. The van der Waals surface area contributed by atoms with Crippen LogP contribution in [-0.2, 0) is 6.42 Å². The van der Waals surface area contributed by atoms with E-state index in [1.807, 2.05) is 12.1 Å². The Bertz CT molecular complexity index is 326. The largest absolute Gasteiger partial charge is 0.495 e. The van der Waals surface area contributed by atoms with E-state index < -0.39 is 0 Å². The van der Waals surface area contributed by atoms with Crippen molar-refractivity contribution >= 4 is 15.9 Å². The van der Waals surface area contributed by atoms with Crippen LogP contribution in [0, 0.1) is 5.92 Å². The van der Waals surface area contributed by atoms with Gasteiger partial charge in [0.25, 0.3) is 0 Å². The molecule has 0 bridgehead atoms. The van der Waals surface area contributed by atoms with Crippen LogP contribution in [0.1, 0.15) is 19.4 Å². The first-order valence-electron chi connectivity index (χ1n) is 5.67. The minimum absolute atomic E-state index is 0.699. The van der Waals surface area contributed by atoms with Gasteiger partial charge in [-0.15, -0.1) is 0 Å². The predicted molar refractivity (Wildman–Crippen MR) is 72.1 cm³/mol. The van der Waals surface area contributed by atoms with Gasteiger partial charge >= 0.3 is 0 Å². The Kier molecular flexibility index (Phi) is 5.85. The zero-order chi connectivity index (χ0) is 12.0. The van der Waals surface area contributed by atoms with Crippen molar-refractivity contribution in [2.24, 2.45) is 5.92 Å². The van der Waals surface area contributed by atoms with Crippen LogP contribution >= 0.6 is 15.9 Å². The molecular formula is C13H20BrNO. The fraction of sp³-hybridized carbons (Fsp3) is 0.538. The van der Waals surface area contributed by atoms with Crippen LogP contribution in [-0.4, -0.2) is 20.2 Å². The quantitative estimate of drug-likeness (QED) is 0.811. The summed E-state index contributed by atoms with van der Waals surface area (Å²) in [4.78, 5) is 0. The fourth-order valence-corrected chi connectivity index (χ4v) is 2.16. The Balaban J connectivity index is 2.50. The van der Waals surface area contributed by atoms with Crippen LogP contribution in [0.2, 0.25) is 0 Å². The molecule has 0 radical (unpaired) electrons. The van der Waals surface area contributed by atoms with Gasteiger partial charge in [0, 0.05) is 0 Å². The van der Waals surface area contributed by atoms with Crippen LogP contribution in [0.3, 0.4) is 0 Å². The first-order valence-corrected chi connectivity index (χ1v) is 6.46. The number of para-hydroxylation sites is 1. The summed E-state index contributed by atoms with van der Waals surface area (Å²) in [6.45, 7) is 6.49. The lowest BCUT2D eigenvalue weighted by Gasteiger charge is -2.11. The molecule has 16 heavy (non-hydrogen) atoms. The van der Waals surface area contributed by atoms with Gasteiger partial charge in [-0.05, 0) is 53.0 Å². The van der Waals surface area contributed by atoms with Gasteiger partial charge in [0.15, 0.2) is 0 Å². The summed E-state index contributed by atoms with van der Waals surface area (Å²) in [5.41, 5.74) is 1.24. The molecule has 0 aromatic heterocycles. The van der Waals surface area contributed by atoms with E-state index in [0.717, 1.165) is 29.7 Å². The van der Waals surface area contributed by atoms with E-state index in [2.05, 4.69) is 41.2 Å². The van der Waals surface area contributed by atoms with E-state index in [9.17, 15) is 0 Å². The van der Waals surface area contributed by atoms with Crippen LogP contribution in [0.25, 0.3) is 0 Å². The van der Waals surface area contributed by atoms with E-state index in [1.165, 1.54) is 5.56 Å². The summed E-state index contributed by atoms with van der Waals surface area (Å²) in [5, 5.41) is 3.43. The van der Waals surface area contributed by atoms with E-state index in [-0.39, 0.29) is 0 Å². The Morgan fingerprint density at radius 1 is 1.38 bits per heavy atom. The summed E-state index contributed by atoms with van der Waals surface area (Å²) < 4.78 is 6.40. The highest BCUT2D eigenvalue weighted by Crippen LogP contribution is 2.28.